The molecule has 0 bridgehead atoms. The van der Waals surface area contributed by atoms with Gasteiger partial charge in [-0.05, 0) is 24.8 Å². The molecule has 94 valence electrons. The van der Waals surface area contributed by atoms with Gasteiger partial charge in [0.05, 0.1) is 6.61 Å². The molecule has 0 spiro atoms. The molecule has 1 rings (SSSR count). The smallest absolute Gasteiger partial charge is 0.319 e. The predicted molar refractivity (Wildman–Crippen MR) is 73.3 cm³/mol. The number of hydrogen-bond donors (Lipinski definition) is 0. The standard InChI is InChI=1S/C14H19BrO2/c1-2-3-11-17-14(16)13(15)10-9-12-7-5-4-6-8-12/h4-8,13H,2-3,9-11H2,1H3. The average molecular weight is 299 g/mol. The van der Waals surface area contributed by atoms with Crippen LogP contribution in [0.4, 0.5) is 0 Å². The Hall–Kier alpha value is -0.830. The highest BCUT2D eigenvalue weighted by Gasteiger charge is 2.15. The van der Waals surface area contributed by atoms with Gasteiger partial charge in [-0.1, -0.05) is 59.6 Å². The molecule has 2 nitrogen and oxygen atoms in total. The Balaban J connectivity index is 2.24. The largest absolute Gasteiger partial charge is 0.465 e. The summed E-state index contributed by atoms with van der Waals surface area (Å²) in [4.78, 5) is 11.4. The number of carbonyl (C=O) groups excluding carboxylic acids is 1. The minimum absolute atomic E-state index is 0.144. The Labute approximate surface area is 111 Å². The summed E-state index contributed by atoms with van der Waals surface area (Å²) in [6, 6.07) is 10.2. The zero-order valence-corrected chi connectivity index (χ0v) is 11.8. The molecule has 1 unspecified atom stereocenters. The average Bonchev–Trinajstić information content (AvgIpc) is 2.37. The highest BCUT2D eigenvalue weighted by molar-refractivity contribution is 9.10. The molecule has 0 heterocycles. The van der Waals surface area contributed by atoms with Crippen LogP contribution in [0, 0.1) is 0 Å². The highest BCUT2D eigenvalue weighted by atomic mass is 79.9. The number of hydrogen-bond acceptors (Lipinski definition) is 2. The molecule has 17 heavy (non-hydrogen) atoms. The number of carbonyl (C=O) groups is 1. The third-order valence-electron chi connectivity index (χ3n) is 2.53. The maximum atomic E-state index is 11.6. The first-order chi connectivity index (χ1) is 8.24. The Morgan fingerprint density at radius 2 is 2.06 bits per heavy atom. The summed E-state index contributed by atoms with van der Waals surface area (Å²) in [6.07, 6.45) is 3.64. The molecule has 1 aromatic rings. The van der Waals surface area contributed by atoms with E-state index in [0.29, 0.717) is 6.61 Å². The van der Waals surface area contributed by atoms with Gasteiger partial charge in [0.2, 0.25) is 0 Å². The van der Waals surface area contributed by atoms with Gasteiger partial charge in [0.1, 0.15) is 4.83 Å². The van der Waals surface area contributed by atoms with Gasteiger partial charge in [-0.2, -0.15) is 0 Å². The number of benzene rings is 1. The maximum absolute atomic E-state index is 11.6. The van der Waals surface area contributed by atoms with Crippen LogP contribution < -0.4 is 0 Å². The molecule has 0 aromatic heterocycles. The van der Waals surface area contributed by atoms with E-state index in [0.717, 1.165) is 25.7 Å². The van der Waals surface area contributed by atoms with Crippen molar-refractivity contribution in [1.82, 2.24) is 0 Å². The van der Waals surface area contributed by atoms with Crippen LogP contribution in [-0.2, 0) is 16.0 Å². The van der Waals surface area contributed by atoms with Crippen molar-refractivity contribution in [2.45, 2.75) is 37.4 Å². The number of aryl methyl sites for hydroxylation is 1. The molecular weight excluding hydrogens is 280 g/mol. The molecule has 3 heteroatoms. The quantitative estimate of drug-likeness (QED) is 0.436. The van der Waals surface area contributed by atoms with Gasteiger partial charge in [0.25, 0.3) is 0 Å². The van der Waals surface area contributed by atoms with Gasteiger partial charge < -0.3 is 4.74 Å². The van der Waals surface area contributed by atoms with Crippen LogP contribution in [0.15, 0.2) is 30.3 Å². The summed E-state index contributed by atoms with van der Waals surface area (Å²) in [5.41, 5.74) is 1.25. The van der Waals surface area contributed by atoms with Crippen molar-refractivity contribution >= 4 is 21.9 Å². The number of rotatable bonds is 7. The fourth-order valence-electron chi connectivity index (χ4n) is 1.46. The zero-order valence-electron chi connectivity index (χ0n) is 10.2. The second-order valence-electron chi connectivity index (χ2n) is 4.01. The van der Waals surface area contributed by atoms with Gasteiger partial charge in [0.15, 0.2) is 0 Å². The van der Waals surface area contributed by atoms with E-state index in [9.17, 15) is 4.79 Å². The van der Waals surface area contributed by atoms with E-state index in [1.807, 2.05) is 18.2 Å². The van der Waals surface area contributed by atoms with Crippen molar-refractivity contribution in [2.75, 3.05) is 6.61 Å². The Morgan fingerprint density at radius 3 is 2.71 bits per heavy atom. The topological polar surface area (TPSA) is 26.3 Å². The van der Waals surface area contributed by atoms with E-state index in [4.69, 9.17) is 4.74 Å². The third-order valence-corrected chi connectivity index (χ3v) is 3.36. The molecule has 0 saturated heterocycles. The first-order valence-electron chi connectivity index (χ1n) is 6.08. The number of unbranched alkanes of at least 4 members (excludes halogenated alkanes) is 1. The van der Waals surface area contributed by atoms with Crippen molar-refractivity contribution in [3.63, 3.8) is 0 Å². The lowest BCUT2D eigenvalue weighted by molar-refractivity contribution is -0.143. The van der Waals surface area contributed by atoms with E-state index in [1.54, 1.807) is 0 Å². The molecule has 0 aliphatic rings. The normalized spacial score (nSPS) is 12.1. The van der Waals surface area contributed by atoms with E-state index in [-0.39, 0.29) is 10.8 Å². The second-order valence-corrected chi connectivity index (χ2v) is 5.12. The number of halogens is 1. The van der Waals surface area contributed by atoms with E-state index in [1.165, 1.54) is 5.56 Å². The van der Waals surface area contributed by atoms with Crippen LogP contribution in [0.1, 0.15) is 31.7 Å². The van der Waals surface area contributed by atoms with Gasteiger partial charge in [-0.3, -0.25) is 4.79 Å². The van der Waals surface area contributed by atoms with E-state index >= 15 is 0 Å². The molecule has 0 radical (unpaired) electrons. The van der Waals surface area contributed by atoms with Crippen LogP contribution in [-0.4, -0.2) is 17.4 Å². The van der Waals surface area contributed by atoms with Gasteiger partial charge in [0, 0.05) is 0 Å². The van der Waals surface area contributed by atoms with Crippen LogP contribution in [0.25, 0.3) is 0 Å². The lowest BCUT2D eigenvalue weighted by Gasteiger charge is -2.09. The van der Waals surface area contributed by atoms with Crippen molar-refractivity contribution < 1.29 is 9.53 Å². The van der Waals surface area contributed by atoms with Gasteiger partial charge in [-0.25, -0.2) is 0 Å². The Morgan fingerprint density at radius 1 is 1.35 bits per heavy atom. The number of alkyl halides is 1. The molecule has 0 aliphatic heterocycles. The van der Waals surface area contributed by atoms with Crippen LogP contribution in [0.3, 0.4) is 0 Å². The van der Waals surface area contributed by atoms with Crippen LogP contribution in [0.2, 0.25) is 0 Å². The number of ether oxygens (including phenoxy) is 1. The van der Waals surface area contributed by atoms with E-state index < -0.39 is 0 Å². The summed E-state index contributed by atoms with van der Waals surface area (Å²) < 4.78 is 5.15. The van der Waals surface area contributed by atoms with Crippen molar-refractivity contribution in [1.29, 1.82) is 0 Å². The molecule has 0 amide bonds. The van der Waals surface area contributed by atoms with Crippen LogP contribution >= 0.6 is 15.9 Å². The lowest BCUT2D eigenvalue weighted by Crippen LogP contribution is -2.18. The summed E-state index contributed by atoms with van der Waals surface area (Å²) in [6.45, 7) is 2.61. The van der Waals surface area contributed by atoms with Crippen molar-refractivity contribution in [3.05, 3.63) is 35.9 Å². The molecular formula is C14H19BrO2. The molecule has 0 aliphatic carbocycles. The zero-order chi connectivity index (χ0) is 12.5. The Kier molecular flexibility index (Phi) is 6.94. The monoisotopic (exact) mass is 298 g/mol. The van der Waals surface area contributed by atoms with Gasteiger partial charge in [-0.15, -0.1) is 0 Å². The molecule has 0 saturated carbocycles. The maximum Gasteiger partial charge on any atom is 0.319 e. The summed E-state index contributed by atoms with van der Waals surface area (Å²) in [5.74, 6) is -0.144. The van der Waals surface area contributed by atoms with Crippen LogP contribution in [0.5, 0.6) is 0 Å². The minimum atomic E-state index is -0.195. The summed E-state index contributed by atoms with van der Waals surface area (Å²) in [5, 5.41) is 0. The SMILES string of the molecule is CCCCOC(=O)C(Br)CCc1ccccc1. The Bertz CT molecular complexity index is 324. The minimum Gasteiger partial charge on any atom is -0.465 e. The summed E-state index contributed by atoms with van der Waals surface area (Å²) in [7, 11) is 0. The number of esters is 1. The van der Waals surface area contributed by atoms with E-state index in [2.05, 4.69) is 35.0 Å². The first-order valence-corrected chi connectivity index (χ1v) is 7.00. The molecule has 0 fully saturated rings. The van der Waals surface area contributed by atoms with Crippen molar-refractivity contribution in [3.8, 4) is 0 Å². The first kappa shape index (κ1) is 14.2. The second kappa shape index (κ2) is 8.29. The molecule has 0 N–H and O–H groups in total. The predicted octanol–water partition coefficient (Wildman–Crippen LogP) is 3.73. The molecule has 1 aromatic carbocycles. The summed E-state index contributed by atoms with van der Waals surface area (Å²) >= 11 is 3.38. The third kappa shape index (κ3) is 5.87. The fraction of sp³-hybridized carbons (Fsp3) is 0.500. The van der Waals surface area contributed by atoms with Gasteiger partial charge >= 0.3 is 5.97 Å². The van der Waals surface area contributed by atoms with Crippen molar-refractivity contribution in [2.24, 2.45) is 0 Å². The lowest BCUT2D eigenvalue weighted by atomic mass is 10.1. The molecule has 1 atom stereocenters. The highest BCUT2D eigenvalue weighted by Crippen LogP contribution is 2.12. The fourth-order valence-corrected chi connectivity index (χ4v) is 1.82.